The molecule has 0 amide bonds. The first-order valence-corrected chi connectivity index (χ1v) is 11.0. The molecule has 8 nitrogen and oxygen atoms in total. The summed E-state index contributed by atoms with van der Waals surface area (Å²) in [5.41, 5.74) is 8.18. The van der Waals surface area contributed by atoms with Gasteiger partial charge in [0.2, 0.25) is 5.88 Å². The lowest BCUT2D eigenvalue weighted by Crippen LogP contribution is -2.21. The van der Waals surface area contributed by atoms with E-state index in [0.717, 1.165) is 5.56 Å². The average Bonchev–Trinajstić information content (AvgIpc) is 2.91. The summed E-state index contributed by atoms with van der Waals surface area (Å²) in [6, 6.07) is 19.1. The highest BCUT2D eigenvalue weighted by molar-refractivity contribution is 5.91. The van der Waals surface area contributed by atoms with Crippen molar-refractivity contribution in [1.29, 1.82) is 5.26 Å². The van der Waals surface area contributed by atoms with Gasteiger partial charge in [-0.2, -0.15) is 5.26 Å². The van der Waals surface area contributed by atoms with E-state index in [4.69, 9.17) is 29.4 Å². The first-order chi connectivity index (χ1) is 17.5. The molecule has 0 saturated carbocycles. The van der Waals surface area contributed by atoms with Crippen LogP contribution < -0.4 is 29.4 Å². The fourth-order valence-corrected chi connectivity index (χ4v) is 3.87. The number of allylic oxidation sites excluding steroid dienone is 1. The van der Waals surface area contributed by atoms with E-state index < -0.39 is 11.9 Å². The number of fused-ring (bicyclic) bond motifs is 1. The molecule has 2 N–H and O–H groups in total. The molecule has 0 spiro atoms. The molecule has 0 saturated heterocycles. The molecule has 1 atom stereocenters. The molecule has 0 fully saturated rings. The van der Waals surface area contributed by atoms with E-state index in [1.807, 2.05) is 6.07 Å². The van der Waals surface area contributed by atoms with Crippen molar-refractivity contribution in [3.8, 4) is 34.8 Å². The third-order valence-electron chi connectivity index (χ3n) is 5.60. The summed E-state index contributed by atoms with van der Waals surface area (Å²) < 4.78 is 27.5. The molecule has 0 aliphatic carbocycles. The number of ether oxygens (including phenoxy) is 5. The van der Waals surface area contributed by atoms with E-state index >= 15 is 0 Å². The maximum Gasteiger partial charge on any atom is 0.343 e. The zero-order chi connectivity index (χ0) is 25.7. The Labute approximate surface area is 208 Å². The summed E-state index contributed by atoms with van der Waals surface area (Å²) in [5.74, 6) is 1.24. The van der Waals surface area contributed by atoms with Crippen molar-refractivity contribution in [2.45, 2.75) is 5.92 Å². The van der Waals surface area contributed by atoms with Gasteiger partial charge in [-0.05, 0) is 48.0 Å². The Morgan fingerprint density at radius 1 is 1.06 bits per heavy atom. The zero-order valence-corrected chi connectivity index (χ0v) is 19.8. The number of hydrogen-bond acceptors (Lipinski definition) is 8. The normalized spacial score (nSPS) is 14.1. The van der Waals surface area contributed by atoms with Crippen LogP contribution in [-0.2, 0) is 0 Å². The van der Waals surface area contributed by atoms with Crippen molar-refractivity contribution in [3.05, 3.63) is 101 Å². The largest absolute Gasteiger partial charge is 0.497 e. The summed E-state index contributed by atoms with van der Waals surface area (Å²) in [7, 11) is 3.09. The quantitative estimate of drug-likeness (QED) is 0.278. The van der Waals surface area contributed by atoms with Gasteiger partial charge in [-0.15, -0.1) is 0 Å². The van der Waals surface area contributed by atoms with Gasteiger partial charge >= 0.3 is 5.97 Å². The van der Waals surface area contributed by atoms with Crippen molar-refractivity contribution in [1.82, 2.24) is 0 Å². The van der Waals surface area contributed by atoms with E-state index in [2.05, 4.69) is 12.6 Å². The highest BCUT2D eigenvalue weighted by atomic mass is 16.5. The van der Waals surface area contributed by atoms with Gasteiger partial charge in [-0.1, -0.05) is 24.8 Å². The van der Waals surface area contributed by atoms with Gasteiger partial charge in [0.05, 0.1) is 25.7 Å². The predicted molar refractivity (Wildman–Crippen MR) is 132 cm³/mol. The number of methoxy groups -OCH3 is 2. The van der Waals surface area contributed by atoms with Crippen molar-refractivity contribution >= 4 is 5.97 Å². The number of benzene rings is 3. The molecule has 3 aromatic carbocycles. The molecular weight excluding hydrogens is 460 g/mol. The standard InChI is InChI=1S/C28H24N2O6/c1-4-13-34-23-12-7-18(14-25(23)33-3)26-21-11-10-20(15-24(21)36-27(30)22(26)16-29)35-28(31)17-5-8-19(32-2)9-6-17/h4-12,14-15,26H,1,13,30H2,2-3H3. The van der Waals surface area contributed by atoms with E-state index in [9.17, 15) is 10.1 Å². The molecule has 1 heterocycles. The first kappa shape index (κ1) is 24.2. The lowest BCUT2D eigenvalue weighted by molar-refractivity contribution is 0.0734. The molecule has 0 aromatic heterocycles. The summed E-state index contributed by atoms with van der Waals surface area (Å²) >= 11 is 0. The average molecular weight is 485 g/mol. The lowest BCUT2D eigenvalue weighted by Gasteiger charge is -2.27. The van der Waals surface area contributed by atoms with Gasteiger partial charge in [0.15, 0.2) is 11.5 Å². The molecule has 182 valence electrons. The fraction of sp³-hybridized carbons (Fsp3) is 0.143. The van der Waals surface area contributed by atoms with Crippen LogP contribution in [0.15, 0.2) is 84.8 Å². The second-order valence-corrected chi connectivity index (χ2v) is 7.75. The smallest absolute Gasteiger partial charge is 0.343 e. The van der Waals surface area contributed by atoms with Gasteiger partial charge in [0.1, 0.15) is 35.5 Å². The highest BCUT2D eigenvalue weighted by Gasteiger charge is 2.31. The number of esters is 1. The molecular formula is C28H24N2O6. The van der Waals surface area contributed by atoms with Crippen LogP contribution in [0, 0.1) is 11.3 Å². The molecule has 1 unspecified atom stereocenters. The Balaban J connectivity index is 1.67. The Morgan fingerprint density at radius 3 is 2.47 bits per heavy atom. The number of rotatable bonds is 8. The number of hydrogen-bond donors (Lipinski definition) is 1. The lowest BCUT2D eigenvalue weighted by atomic mass is 9.83. The predicted octanol–water partition coefficient (Wildman–Crippen LogP) is 4.71. The summed E-state index contributed by atoms with van der Waals surface area (Å²) in [6.07, 6.45) is 1.64. The van der Waals surface area contributed by atoms with Crippen LogP contribution in [0.25, 0.3) is 0 Å². The minimum atomic E-state index is -0.536. The van der Waals surface area contributed by atoms with Gasteiger partial charge in [-0.3, -0.25) is 0 Å². The van der Waals surface area contributed by atoms with Crippen molar-refractivity contribution in [3.63, 3.8) is 0 Å². The molecule has 0 bridgehead atoms. The second kappa shape index (κ2) is 10.6. The van der Waals surface area contributed by atoms with Crippen molar-refractivity contribution < 1.29 is 28.5 Å². The monoisotopic (exact) mass is 484 g/mol. The summed E-state index contributed by atoms with van der Waals surface area (Å²) in [5, 5.41) is 9.84. The third-order valence-corrected chi connectivity index (χ3v) is 5.60. The number of nitrogens with zero attached hydrogens (tertiary/aromatic N) is 1. The van der Waals surface area contributed by atoms with Gasteiger partial charge in [0.25, 0.3) is 0 Å². The molecule has 1 aliphatic rings. The SMILES string of the molecule is C=CCOc1ccc(C2C(C#N)=C(N)Oc3cc(OC(=O)c4ccc(OC)cc4)ccc32)cc1OC. The third kappa shape index (κ3) is 4.81. The van der Waals surface area contributed by atoms with Crippen LogP contribution >= 0.6 is 0 Å². The minimum Gasteiger partial charge on any atom is -0.497 e. The topological polar surface area (TPSA) is 113 Å². The van der Waals surface area contributed by atoms with E-state index in [1.165, 1.54) is 7.11 Å². The molecule has 4 rings (SSSR count). The first-order valence-electron chi connectivity index (χ1n) is 11.0. The highest BCUT2D eigenvalue weighted by Crippen LogP contribution is 2.45. The summed E-state index contributed by atoms with van der Waals surface area (Å²) in [6.45, 7) is 3.98. The van der Waals surface area contributed by atoms with Crippen LogP contribution in [0.3, 0.4) is 0 Å². The Hall–Kier alpha value is -4.90. The van der Waals surface area contributed by atoms with Crippen LogP contribution in [0.1, 0.15) is 27.4 Å². The van der Waals surface area contributed by atoms with E-state index in [-0.39, 0.29) is 17.2 Å². The van der Waals surface area contributed by atoms with Crippen LogP contribution in [0.4, 0.5) is 0 Å². The van der Waals surface area contributed by atoms with E-state index in [1.54, 1.807) is 67.8 Å². The number of nitriles is 1. The number of nitrogens with two attached hydrogens (primary N) is 1. The number of carbonyl (C=O) groups is 1. The van der Waals surface area contributed by atoms with Gasteiger partial charge in [-0.25, -0.2) is 4.79 Å². The van der Waals surface area contributed by atoms with Crippen LogP contribution in [0.2, 0.25) is 0 Å². The fourth-order valence-electron chi connectivity index (χ4n) is 3.87. The maximum absolute atomic E-state index is 12.6. The molecule has 8 heteroatoms. The molecule has 3 aromatic rings. The minimum absolute atomic E-state index is 0.0282. The Morgan fingerprint density at radius 2 is 1.81 bits per heavy atom. The molecule has 0 radical (unpaired) electrons. The Kier molecular flexibility index (Phi) is 7.12. The van der Waals surface area contributed by atoms with Gasteiger partial charge in [0, 0.05) is 11.6 Å². The van der Waals surface area contributed by atoms with Crippen LogP contribution in [0.5, 0.6) is 28.7 Å². The number of carbonyl (C=O) groups excluding carboxylic acids is 1. The van der Waals surface area contributed by atoms with Crippen molar-refractivity contribution in [2.75, 3.05) is 20.8 Å². The second-order valence-electron chi connectivity index (χ2n) is 7.75. The Bertz CT molecular complexity index is 1370. The maximum atomic E-state index is 12.6. The summed E-state index contributed by atoms with van der Waals surface area (Å²) in [4.78, 5) is 12.6. The van der Waals surface area contributed by atoms with Crippen LogP contribution in [-0.4, -0.2) is 26.8 Å². The molecule has 36 heavy (non-hydrogen) atoms. The molecule has 1 aliphatic heterocycles. The zero-order valence-electron chi connectivity index (χ0n) is 19.8. The van der Waals surface area contributed by atoms with Crippen molar-refractivity contribution in [2.24, 2.45) is 5.73 Å². The van der Waals surface area contributed by atoms with Gasteiger partial charge < -0.3 is 29.4 Å². The van der Waals surface area contributed by atoms with E-state index in [0.29, 0.717) is 40.7 Å².